The molecule has 3 nitrogen and oxygen atoms in total. The predicted molar refractivity (Wildman–Crippen MR) is 102 cm³/mol. The van der Waals surface area contributed by atoms with Crippen LogP contribution < -0.4 is 4.90 Å². The van der Waals surface area contributed by atoms with E-state index in [0.717, 1.165) is 45.2 Å². The molecule has 0 fully saturated rings. The fraction of sp³-hybridized carbons (Fsp3) is 0.222. The highest BCUT2D eigenvalue weighted by molar-refractivity contribution is 8.01. The molecule has 0 spiro atoms. The molecule has 0 saturated carbocycles. The van der Waals surface area contributed by atoms with Gasteiger partial charge in [0.05, 0.1) is 26.7 Å². The van der Waals surface area contributed by atoms with E-state index in [4.69, 9.17) is 11.6 Å². The van der Waals surface area contributed by atoms with E-state index in [1.54, 1.807) is 11.3 Å². The Morgan fingerprint density at radius 3 is 3.00 bits per heavy atom. The first-order valence-corrected chi connectivity index (χ1v) is 9.96. The number of amides is 1. The summed E-state index contributed by atoms with van der Waals surface area (Å²) in [6.07, 6.45) is 1.95. The summed E-state index contributed by atoms with van der Waals surface area (Å²) >= 11 is 9.47. The van der Waals surface area contributed by atoms with Crippen molar-refractivity contribution < 1.29 is 4.79 Å². The van der Waals surface area contributed by atoms with Gasteiger partial charge in [0.15, 0.2) is 4.34 Å². The van der Waals surface area contributed by atoms with Crippen molar-refractivity contribution in [2.75, 3.05) is 17.2 Å². The van der Waals surface area contributed by atoms with Gasteiger partial charge in [0.2, 0.25) is 5.91 Å². The summed E-state index contributed by atoms with van der Waals surface area (Å²) < 4.78 is 2.08. The highest BCUT2D eigenvalue weighted by atomic mass is 35.5. The van der Waals surface area contributed by atoms with E-state index in [1.807, 2.05) is 35.2 Å². The summed E-state index contributed by atoms with van der Waals surface area (Å²) in [6.45, 7) is 0.732. The lowest BCUT2D eigenvalue weighted by atomic mass is 10.0. The molecule has 1 aromatic heterocycles. The number of carbonyl (C=O) groups excluding carboxylic acids is 1. The third kappa shape index (κ3) is 3.04. The highest BCUT2D eigenvalue weighted by Gasteiger charge is 2.24. The van der Waals surface area contributed by atoms with Crippen LogP contribution in [-0.4, -0.2) is 23.2 Å². The van der Waals surface area contributed by atoms with Crippen molar-refractivity contribution in [3.05, 3.63) is 53.1 Å². The number of para-hydroxylation sites is 2. The van der Waals surface area contributed by atoms with Gasteiger partial charge in [-0.1, -0.05) is 47.6 Å². The molecule has 0 N–H and O–H groups in total. The Hall–Kier alpha value is -1.56. The number of fused-ring (bicyclic) bond motifs is 2. The number of carbonyl (C=O) groups is 1. The number of rotatable bonds is 3. The van der Waals surface area contributed by atoms with Crippen molar-refractivity contribution in [2.45, 2.75) is 17.2 Å². The molecule has 0 bridgehead atoms. The van der Waals surface area contributed by atoms with Crippen molar-refractivity contribution in [3.63, 3.8) is 0 Å². The van der Waals surface area contributed by atoms with Gasteiger partial charge in [0.1, 0.15) is 0 Å². The van der Waals surface area contributed by atoms with Crippen LogP contribution in [0.15, 0.2) is 46.8 Å². The largest absolute Gasteiger partial charge is 0.310 e. The smallest absolute Gasteiger partial charge is 0.237 e. The molecule has 3 aromatic rings. The van der Waals surface area contributed by atoms with Crippen LogP contribution in [0.2, 0.25) is 5.02 Å². The highest BCUT2D eigenvalue weighted by Crippen LogP contribution is 2.35. The Bertz CT molecular complexity index is 876. The lowest BCUT2D eigenvalue weighted by Crippen LogP contribution is -2.36. The Morgan fingerprint density at radius 1 is 1.25 bits per heavy atom. The number of aromatic nitrogens is 1. The molecular formula is C18H15ClN2OS2. The van der Waals surface area contributed by atoms with E-state index >= 15 is 0 Å². The van der Waals surface area contributed by atoms with E-state index in [-0.39, 0.29) is 5.91 Å². The van der Waals surface area contributed by atoms with Crippen molar-refractivity contribution >= 4 is 56.5 Å². The zero-order chi connectivity index (χ0) is 16.5. The number of thiazole rings is 1. The molecular weight excluding hydrogens is 360 g/mol. The second-order valence-corrected chi connectivity index (χ2v) is 8.29. The lowest BCUT2D eigenvalue weighted by molar-refractivity contribution is -0.116. The lowest BCUT2D eigenvalue weighted by Gasteiger charge is -2.30. The maximum atomic E-state index is 12.7. The Morgan fingerprint density at radius 2 is 2.12 bits per heavy atom. The SMILES string of the molecule is O=C(CSc1nc2ccccc2s1)N1CCCc2cccc(Cl)c21. The quantitative estimate of drug-likeness (QED) is 0.603. The van der Waals surface area contributed by atoms with Gasteiger partial charge in [-0.3, -0.25) is 4.79 Å². The van der Waals surface area contributed by atoms with Crippen LogP contribution in [0.25, 0.3) is 10.2 Å². The number of anilines is 1. The number of benzene rings is 2. The minimum atomic E-state index is 0.0910. The monoisotopic (exact) mass is 374 g/mol. The third-order valence-electron chi connectivity index (χ3n) is 4.06. The molecule has 4 rings (SSSR count). The molecule has 1 aliphatic rings. The van der Waals surface area contributed by atoms with Gasteiger partial charge in [-0.25, -0.2) is 4.98 Å². The summed E-state index contributed by atoms with van der Waals surface area (Å²) in [4.78, 5) is 19.1. The van der Waals surface area contributed by atoms with Crippen molar-refractivity contribution in [1.29, 1.82) is 0 Å². The van der Waals surface area contributed by atoms with Gasteiger partial charge in [0.25, 0.3) is 0 Å². The molecule has 0 unspecified atom stereocenters. The number of thioether (sulfide) groups is 1. The minimum absolute atomic E-state index is 0.0910. The van der Waals surface area contributed by atoms with Gasteiger partial charge >= 0.3 is 0 Å². The molecule has 6 heteroatoms. The van der Waals surface area contributed by atoms with Crippen molar-refractivity contribution in [1.82, 2.24) is 4.98 Å². The molecule has 2 heterocycles. The zero-order valence-electron chi connectivity index (χ0n) is 12.9. The first kappa shape index (κ1) is 15.9. The fourth-order valence-electron chi connectivity index (χ4n) is 2.97. The van der Waals surface area contributed by atoms with Gasteiger partial charge in [-0.15, -0.1) is 11.3 Å². The summed E-state index contributed by atoms with van der Waals surface area (Å²) in [5.41, 5.74) is 3.04. The number of halogens is 1. The summed E-state index contributed by atoms with van der Waals surface area (Å²) in [6, 6.07) is 13.9. The predicted octanol–water partition coefficient (Wildman–Crippen LogP) is 5.02. The first-order chi connectivity index (χ1) is 11.7. The van der Waals surface area contributed by atoms with Crippen LogP contribution in [0.1, 0.15) is 12.0 Å². The molecule has 0 atom stereocenters. The van der Waals surface area contributed by atoms with E-state index in [0.29, 0.717) is 10.8 Å². The van der Waals surface area contributed by atoms with E-state index in [2.05, 4.69) is 17.1 Å². The van der Waals surface area contributed by atoms with Gasteiger partial charge in [-0.05, 0) is 36.6 Å². The number of hydrogen-bond donors (Lipinski definition) is 0. The Labute approximate surface area is 153 Å². The van der Waals surface area contributed by atoms with Crippen LogP contribution in [0.4, 0.5) is 5.69 Å². The minimum Gasteiger partial charge on any atom is -0.310 e. The molecule has 0 saturated heterocycles. The van der Waals surface area contributed by atoms with Crippen LogP contribution in [0.5, 0.6) is 0 Å². The maximum Gasteiger partial charge on any atom is 0.237 e. The summed E-state index contributed by atoms with van der Waals surface area (Å²) in [5, 5.41) is 0.658. The molecule has 24 heavy (non-hydrogen) atoms. The van der Waals surface area contributed by atoms with Gasteiger partial charge < -0.3 is 4.90 Å². The maximum absolute atomic E-state index is 12.7. The molecule has 0 aliphatic carbocycles. The van der Waals surface area contributed by atoms with Crippen LogP contribution in [0, 0.1) is 0 Å². The van der Waals surface area contributed by atoms with Gasteiger partial charge in [-0.2, -0.15) is 0 Å². The molecule has 1 aliphatic heterocycles. The summed E-state index contributed by atoms with van der Waals surface area (Å²) in [5.74, 6) is 0.470. The molecule has 2 aromatic carbocycles. The van der Waals surface area contributed by atoms with Crippen LogP contribution >= 0.6 is 34.7 Å². The van der Waals surface area contributed by atoms with Crippen molar-refractivity contribution in [3.8, 4) is 0 Å². The third-order valence-corrected chi connectivity index (χ3v) is 6.53. The Kier molecular flexibility index (Phi) is 4.48. The second-order valence-electron chi connectivity index (χ2n) is 5.63. The topological polar surface area (TPSA) is 33.2 Å². The molecule has 0 radical (unpaired) electrons. The van der Waals surface area contributed by atoms with Crippen LogP contribution in [0.3, 0.4) is 0 Å². The average molecular weight is 375 g/mol. The molecule has 1 amide bonds. The number of hydrogen-bond acceptors (Lipinski definition) is 4. The zero-order valence-corrected chi connectivity index (χ0v) is 15.3. The normalized spacial score (nSPS) is 14.0. The van der Waals surface area contributed by atoms with E-state index in [9.17, 15) is 4.79 Å². The standard InChI is InChI=1S/C18H15ClN2OS2/c19-13-7-3-5-12-6-4-10-21(17(12)13)16(22)11-23-18-20-14-8-1-2-9-15(14)24-18/h1-3,5,7-9H,4,6,10-11H2. The second kappa shape index (κ2) is 6.75. The van der Waals surface area contributed by atoms with E-state index in [1.165, 1.54) is 11.8 Å². The van der Waals surface area contributed by atoms with Crippen molar-refractivity contribution in [2.24, 2.45) is 0 Å². The Balaban J connectivity index is 1.51. The van der Waals surface area contributed by atoms with Gasteiger partial charge in [0, 0.05) is 6.54 Å². The number of aryl methyl sites for hydroxylation is 1. The van der Waals surface area contributed by atoms with E-state index < -0.39 is 0 Å². The fourth-order valence-corrected chi connectivity index (χ4v) is 5.21. The molecule has 122 valence electrons. The number of nitrogens with zero attached hydrogens (tertiary/aromatic N) is 2. The summed E-state index contributed by atoms with van der Waals surface area (Å²) in [7, 11) is 0. The van der Waals surface area contributed by atoms with Crippen LogP contribution in [-0.2, 0) is 11.2 Å². The average Bonchev–Trinajstić information content (AvgIpc) is 3.02. The first-order valence-electron chi connectivity index (χ1n) is 7.78.